The van der Waals surface area contributed by atoms with E-state index in [1.54, 1.807) is 24.3 Å². The van der Waals surface area contributed by atoms with Gasteiger partial charge in [0.05, 0.1) is 6.61 Å². The molecule has 3 N–H and O–H groups in total. The summed E-state index contributed by atoms with van der Waals surface area (Å²) in [4.78, 5) is 23.2. The molecule has 0 radical (unpaired) electrons. The van der Waals surface area contributed by atoms with Crippen molar-refractivity contribution >= 4 is 11.7 Å². The largest absolute Gasteiger partial charge is 0.494 e. The van der Waals surface area contributed by atoms with E-state index in [9.17, 15) is 9.59 Å². The molecule has 2 rings (SSSR count). The Hall–Kier alpha value is -2.66. The van der Waals surface area contributed by atoms with Gasteiger partial charge in [0.1, 0.15) is 5.75 Å². The molecule has 0 saturated heterocycles. The second kappa shape index (κ2) is 10.6. The Balaban J connectivity index is 1.66. The molecule has 0 aromatic heterocycles. The summed E-state index contributed by atoms with van der Waals surface area (Å²) in [7, 11) is 0. The molecule has 0 bridgehead atoms. The lowest BCUT2D eigenvalue weighted by molar-refractivity contribution is -0.121. The van der Waals surface area contributed by atoms with Crippen molar-refractivity contribution in [2.24, 2.45) is 5.73 Å². The molecular weight excluding hydrogens is 352 g/mol. The Morgan fingerprint density at radius 3 is 2.18 bits per heavy atom. The van der Waals surface area contributed by atoms with E-state index in [1.807, 2.05) is 12.1 Å². The van der Waals surface area contributed by atoms with Gasteiger partial charge in [-0.15, -0.1) is 0 Å². The maximum Gasteiger partial charge on any atom is 0.220 e. The third kappa shape index (κ3) is 6.82. The van der Waals surface area contributed by atoms with Crippen LogP contribution < -0.4 is 15.8 Å². The van der Waals surface area contributed by atoms with Crippen molar-refractivity contribution in [1.29, 1.82) is 0 Å². The number of carbonyl (C=O) groups is 2. The molecule has 0 spiro atoms. The van der Waals surface area contributed by atoms with E-state index in [0.717, 1.165) is 5.56 Å². The van der Waals surface area contributed by atoms with Gasteiger partial charge in [-0.3, -0.25) is 9.59 Å². The van der Waals surface area contributed by atoms with Gasteiger partial charge >= 0.3 is 0 Å². The molecule has 2 aromatic rings. The Bertz CT molecular complexity index is 767. The van der Waals surface area contributed by atoms with Crippen LogP contribution in [-0.4, -0.2) is 24.8 Å². The predicted octanol–water partition coefficient (Wildman–Crippen LogP) is 3.99. The summed E-state index contributed by atoms with van der Waals surface area (Å²) in [6.45, 7) is 6.68. The Morgan fingerprint density at radius 1 is 1.00 bits per heavy atom. The number of hydrogen-bond donors (Lipinski definition) is 2. The van der Waals surface area contributed by atoms with Gasteiger partial charge < -0.3 is 15.8 Å². The van der Waals surface area contributed by atoms with E-state index in [2.05, 4.69) is 31.3 Å². The molecule has 150 valence electrons. The van der Waals surface area contributed by atoms with E-state index in [0.29, 0.717) is 43.2 Å². The zero-order valence-corrected chi connectivity index (χ0v) is 16.9. The minimum absolute atomic E-state index is 0.0253. The monoisotopic (exact) mass is 382 g/mol. The fourth-order valence-electron chi connectivity index (χ4n) is 2.77. The number of hydrogen-bond acceptors (Lipinski definition) is 4. The third-order valence-electron chi connectivity index (χ3n) is 4.63. The van der Waals surface area contributed by atoms with Crippen LogP contribution in [0.25, 0.3) is 0 Å². The first kappa shape index (κ1) is 21.6. The first-order chi connectivity index (χ1) is 13.4. The van der Waals surface area contributed by atoms with Crippen LogP contribution in [0.2, 0.25) is 0 Å². The van der Waals surface area contributed by atoms with Crippen molar-refractivity contribution in [1.82, 2.24) is 5.32 Å². The Labute approximate surface area is 167 Å². The average molecular weight is 383 g/mol. The smallest absolute Gasteiger partial charge is 0.220 e. The molecule has 1 unspecified atom stereocenters. The van der Waals surface area contributed by atoms with Crippen LogP contribution in [-0.2, 0) is 4.79 Å². The molecule has 0 aliphatic carbocycles. The minimum Gasteiger partial charge on any atom is -0.494 e. The van der Waals surface area contributed by atoms with Crippen molar-refractivity contribution in [3.8, 4) is 5.75 Å². The highest BCUT2D eigenvalue weighted by molar-refractivity contribution is 5.94. The first-order valence-electron chi connectivity index (χ1n) is 9.72. The van der Waals surface area contributed by atoms with Crippen LogP contribution in [0, 0.1) is 0 Å². The van der Waals surface area contributed by atoms with Gasteiger partial charge in [-0.25, -0.2) is 0 Å². The van der Waals surface area contributed by atoms with Crippen molar-refractivity contribution < 1.29 is 14.3 Å². The third-order valence-corrected chi connectivity index (χ3v) is 4.63. The zero-order chi connectivity index (χ0) is 20.5. The highest BCUT2D eigenvalue weighted by Gasteiger charge is 2.09. The standard InChI is InChI=1S/C23H30N2O3/c1-16(2)18-6-8-20(9-7-18)22(24)15-25-23(27)5-4-14-28-21-12-10-19(11-13-21)17(3)26/h6-13,16,22H,4-5,14-15,24H2,1-3H3,(H,25,27). The summed E-state index contributed by atoms with van der Waals surface area (Å²) >= 11 is 0. The van der Waals surface area contributed by atoms with E-state index in [4.69, 9.17) is 10.5 Å². The first-order valence-corrected chi connectivity index (χ1v) is 9.72. The normalized spacial score (nSPS) is 11.9. The molecule has 0 saturated carbocycles. The van der Waals surface area contributed by atoms with Crippen molar-refractivity contribution in [2.45, 2.75) is 45.6 Å². The van der Waals surface area contributed by atoms with Gasteiger partial charge in [0.2, 0.25) is 5.91 Å². The van der Waals surface area contributed by atoms with Gasteiger partial charge in [0, 0.05) is 24.6 Å². The van der Waals surface area contributed by atoms with Crippen molar-refractivity contribution in [2.75, 3.05) is 13.2 Å². The number of amides is 1. The van der Waals surface area contributed by atoms with Crippen LogP contribution in [0.1, 0.15) is 67.1 Å². The average Bonchev–Trinajstić information content (AvgIpc) is 2.69. The molecule has 1 amide bonds. The van der Waals surface area contributed by atoms with Crippen LogP contribution in [0.4, 0.5) is 0 Å². The number of ether oxygens (including phenoxy) is 1. The molecule has 5 nitrogen and oxygen atoms in total. The maximum absolute atomic E-state index is 12.0. The summed E-state index contributed by atoms with van der Waals surface area (Å²) in [5.41, 5.74) is 9.11. The highest BCUT2D eigenvalue weighted by atomic mass is 16.5. The van der Waals surface area contributed by atoms with E-state index in [1.165, 1.54) is 12.5 Å². The molecule has 0 fully saturated rings. The van der Waals surface area contributed by atoms with Crippen molar-refractivity contribution in [3.05, 3.63) is 65.2 Å². The van der Waals surface area contributed by atoms with Gasteiger partial charge in [-0.1, -0.05) is 38.1 Å². The second-order valence-electron chi connectivity index (χ2n) is 7.26. The van der Waals surface area contributed by atoms with Crippen LogP contribution in [0.3, 0.4) is 0 Å². The Kier molecular flexibility index (Phi) is 8.20. The topological polar surface area (TPSA) is 81.4 Å². The Morgan fingerprint density at radius 2 is 1.61 bits per heavy atom. The van der Waals surface area contributed by atoms with E-state index >= 15 is 0 Å². The number of ketones is 1. The van der Waals surface area contributed by atoms with Crippen LogP contribution in [0.5, 0.6) is 5.75 Å². The number of nitrogens with one attached hydrogen (secondary N) is 1. The molecule has 0 heterocycles. The van der Waals surface area contributed by atoms with Gasteiger partial charge in [0.15, 0.2) is 5.78 Å². The van der Waals surface area contributed by atoms with E-state index in [-0.39, 0.29) is 17.7 Å². The lowest BCUT2D eigenvalue weighted by Gasteiger charge is -2.14. The van der Waals surface area contributed by atoms with Gasteiger partial charge in [0.25, 0.3) is 0 Å². The summed E-state index contributed by atoms with van der Waals surface area (Å²) in [6, 6.07) is 15.0. The quantitative estimate of drug-likeness (QED) is 0.481. The number of benzene rings is 2. The number of rotatable bonds is 10. The van der Waals surface area contributed by atoms with E-state index < -0.39 is 0 Å². The van der Waals surface area contributed by atoms with Crippen molar-refractivity contribution in [3.63, 3.8) is 0 Å². The summed E-state index contributed by atoms with van der Waals surface area (Å²) in [6.07, 6.45) is 0.989. The molecule has 2 aromatic carbocycles. The lowest BCUT2D eigenvalue weighted by Crippen LogP contribution is -2.31. The van der Waals surface area contributed by atoms with Gasteiger partial charge in [-0.05, 0) is 54.7 Å². The predicted molar refractivity (Wildman–Crippen MR) is 112 cm³/mol. The summed E-state index contributed by atoms with van der Waals surface area (Å²) in [5, 5.41) is 2.88. The SMILES string of the molecule is CC(=O)c1ccc(OCCCC(=O)NCC(N)c2ccc(C(C)C)cc2)cc1. The molecular formula is C23H30N2O3. The zero-order valence-electron chi connectivity index (χ0n) is 16.9. The fraction of sp³-hybridized carbons (Fsp3) is 0.391. The summed E-state index contributed by atoms with van der Waals surface area (Å²) in [5.74, 6) is 1.17. The minimum atomic E-state index is -0.221. The second-order valence-corrected chi connectivity index (χ2v) is 7.26. The van der Waals surface area contributed by atoms with Crippen LogP contribution in [0.15, 0.2) is 48.5 Å². The number of Topliss-reactive ketones (excluding diaryl/α,β-unsaturated/α-hetero) is 1. The lowest BCUT2D eigenvalue weighted by atomic mass is 9.99. The maximum atomic E-state index is 12.0. The van der Waals surface area contributed by atoms with Crippen LogP contribution >= 0.6 is 0 Å². The number of carbonyl (C=O) groups excluding carboxylic acids is 2. The highest BCUT2D eigenvalue weighted by Crippen LogP contribution is 2.17. The molecule has 0 aliphatic heterocycles. The number of nitrogens with two attached hydrogens (primary N) is 1. The molecule has 0 aliphatic rings. The van der Waals surface area contributed by atoms with Gasteiger partial charge in [-0.2, -0.15) is 0 Å². The fourth-order valence-corrected chi connectivity index (χ4v) is 2.77. The molecule has 5 heteroatoms. The molecule has 28 heavy (non-hydrogen) atoms. The molecule has 1 atom stereocenters. The summed E-state index contributed by atoms with van der Waals surface area (Å²) < 4.78 is 5.60.